The molecule has 1 aromatic heterocycles. The Morgan fingerprint density at radius 2 is 2.15 bits per heavy atom. The number of carbonyl (C=O) groups is 1. The second-order valence-corrected chi connectivity index (χ2v) is 6.78. The summed E-state index contributed by atoms with van der Waals surface area (Å²) in [7, 11) is 0. The second kappa shape index (κ2) is 7.47. The molecule has 0 saturated carbocycles. The van der Waals surface area contributed by atoms with Gasteiger partial charge in [0.15, 0.2) is 4.34 Å². The molecular formula is C13H13N3OS3. The van der Waals surface area contributed by atoms with E-state index in [1.165, 1.54) is 11.3 Å². The van der Waals surface area contributed by atoms with Gasteiger partial charge < -0.3 is 0 Å². The van der Waals surface area contributed by atoms with Crippen LogP contribution < -0.4 is 5.32 Å². The van der Waals surface area contributed by atoms with Gasteiger partial charge in [0.05, 0.1) is 0 Å². The number of hydrogen-bond donors (Lipinski definition) is 1. The lowest BCUT2D eigenvalue weighted by molar-refractivity contribution is 0.102. The fraction of sp³-hybridized carbons (Fsp3) is 0.154. The summed E-state index contributed by atoms with van der Waals surface area (Å²) in [6.45, 7) is 3.65. The van der Waals surface area contributed by atoms with E-state index < -0.39 is 0 Å². The normalized spacial score (nSPS) is 10.2. The second-order valence-electron chi connectivity index (χ2n) is 3.66. The van der Waals surface area contributed by atoms with Gasteiger partial charge in [0.25, 0.3) is 5.91 Å². The highest BCUT2D eigenvalue weighted by molar-refractivity contribution is 8.01. The summed E-state index contributed by atoms with van der Waals surface area (Å²) in [5.41, 5.74) is 0.610. The number of amides is 1. The number of nitrogens with zero attached hydrogens (tertiary/aromatic N) is 2. The Morgan fingerprint density at radius 1 is 1.40 bits per heavy atom. The molecule has 0 saturated heterocycles. The molecular weight excluding hydrogens is 310 g/mol. The van der Waals surface area contributed by atoms with Gasteiger partial charge in [0.1, 0.15) is 0 Å². The average Bonchev–Trinajstić information content (AvgIpc) is 2.92. The monoisotopic (exact) mass is 323 g/mol. The van der Waals surface area contributed by atoms with E-state index in [-0.39, 0.29) is 5.91 Å². The highest BCUT2D eigenvalue weighted by Crippen LogP contribution is 2.25. The minimum atomic E-state index is -0.172. The fourth-order valence-electron chi connectivity index (χ4n) is 1.36. The predicted octanol–water partition coefficient (Wildman–Crippen LogP) is 3.79. The number of benzene rings is 1. The van der Waals surface area contributed by atoms with E-state index in [0.717, 1.165) is 15.0 Å². The zero-order valence-corrected chi connectivity index (χ0v) is 13.3. The first kappa shape index (κ1) is 15.1. The summed E-state index contributed by atoms with van der Waals surface area (Å²) in [5.74, 6) is 0.604. The van der Waals surface area contributed by atoms with E-state index >= 15 is 0 Å². The topological polar surface area (TPSA) is 54.9 Å². The molecule has 1 amide bonds. The molecule has 1 N–H and O–H groups in total. The van der Waals surface area contributed by atoms with E-state index in [2.05, 4.69) is 22.1 Å². The van der Waals surface area contributed by atoms with Gasteiger partial charge in [-0.3, -0.25) is 10.1 Å². The molecule has 7 heteroatoms. The minimum Gasteiger partial charge on any atom is -0.296 e. The highest BCUT2D eigenvalue weighted by Gasteiger charge is 2.10. The largest absolute Gasteiger partial charge is 0.296 e. The molecule has 1 aromatic carbocycles. The number of carbonyl (C=O) groups excluding carboxylic acids is 1. The Morgan fingerprint density at radius 3 is 2.80 bits per heavy atom. The van der Waals surface area contributed by atoms with E-state index in [1.807, 2.05) is 18.4 Å². The minimum absolute atomic E-state index is 0.172. The number of anilines is 1. The molecule has 0 aliphatic carbocycles. The van der Waals surface area contributed by atoms with Crippen molar-refractivity contribution < 1.29 is 4.79 Å². The van der Waals surface area contributed by atoms with Crippen LogP contribution in [0.2, 0.25) is 0 Å². The van der Waals surface area contributed by atoms with Gasteiger partial charge in [-0.1, -0.05) is 29.2 Å². The third-order valence-electron chi connectivity index (χ3n) is 2.30. The number of hydrogen-bond acceptors (Lipinski definition) is 6. The van der Waals surface area contributed by atoms with Crippen molar-refractivity contribution in [3.05, 3.63) is 42.5 Å². The molecule has 0 bridgehead atoms. The van der Waals surface area contributed by atoms with Gasteiger partial charge in [0.2, 0.25) is 5.13 Å². The lowest BCUT2D eigenvalue weighted by atomic mass is 10.2. The van der Waals surface area contributed by atoms with E-state index in [0.29, 0.717) is 10.7 Å². The predicted molar refractivity (Wildman–Crippen MR) is 87.0 cm³/mol. The quantitative estimate of drug-likeness (QED) is 0.498. The van der Waals surface area contributed by atoms with E-state index in [9.17, 15) is 4.79 Å². The third kappa shape index (κ3) is 4.09. The summed E-state index contributed by atoms with van der Waals surface area (Å²) in [5, 5.41) is 11.2. The molecule has 0 spiro atoms. The van der Waals surface area contributed by atoms with Crippen molar-refractivity contribution in [1.29, 1.82) is 0 Å². The van der Waals surface area contributed by atoms with Crippen molar-refractivity contribution in [2.24, 2.45) is 0 Å². The summed E-state index contributed by atoms with van der Waals surface area (Å²) in [4.78, 5) is 13.2. The van der Waals surface area contributed by atoms with E-state index in [1.54, 1.807) is 41.7 Å². The summed E-state index contributed by atoms with van der Waals surface area (Å²) >= 11 is 4.54. The fourth-order valence-corrected chi connectivity index (χ4v) is 3.28. The average molecular weight is 323 g/mol. The first-order chi connectivity index (χ1) is 9.72. The Bertz CT molecular complexity index is 595. The maximum absolute atomic E-state index is 12.0. The van der Waals surface area contributed by atoms with Crippen LogP contribution in [0.3, 0.4) is 0 Å². The van der Waals surface area contributed by atoms with Crippen LogP contribution in [-0.2, 0) is 0 Å². The lowest BCUT2D eigenvalue weighted by Crippen LogP contribution is -2.11. The van der Waals surface area contributed by atoms with Gasteiger partial charge in [-0.25, -0.2) is 0 Å². The molecule has 0 aliphatic rings. The van der Waals surface area contributed by atoms with Crippen molar-refractivity contribution >= 4 is 45.9 Å². The van der Waals surface area contributed by atoms with Crippen LogP contribution in [0.4, 0.5) is 5.13 Å². The molecule has 2 aromatic rings. The van der Waals surface area contributed by atoms with Crippen LogP contribution in [0.5, 0.6) is 0 Å². The molecule has 0 aliphatic heterocycles. The first-order valence-electron chi connectivity index (χ1n) is 5.75. The molecule has 0 radical (unpaired) electrons. The SMILES string of the molecule is C=CCSc1nnc(NC(=O)c2ccc(SC)cc2)s1. The third-order valence-corrected chi connectivity index (χ3v) is 5.02. The van der Waals surface area contributed by atoms with Crippen molar-refractivity contribution in [3.8, 4) is 0 Å². The Kier molecular flexibility index (Phi) is 5.63. The zero-order chi connectivity index (χ0) is 14.4. The smallest absolute Gasteiger partial charge is 0.257 e. The van der Waals surface area contributed by atoms with Gasteiger partial charge in [-0.2, -0.15) is 0 Å². The number of rotatable bonds is 6. The number of nitrogens with one attached hydrogen (secondary N) is 1. The van der Waals surface area contributed by atoms with Crippen LogP contribution >= 0.6 is 34.9 Å². The van der Waals surface area contributed by atoms with Crippen molar-refractivity contribution in [3.63, 3.8) is 0 Å². The number of aromatic nitrogens is 2. The van der Waals surface area contributed by atoms with Gasteiger partial charge >= 0.3 is 0 Å². The van der Waals surface area contributed by atoms with Gasteiger partial charge in [-0.05, 0) is 30.5 Å². The lowest BCUT2D eigenvalue weighted by Gasteiger charge is -2.01. The van der Waals surface area contributed by atoms with Crippen LogP contribution in [0.1, 0.15) is 10.4 Å². The molecule has 104 valence electrons. The Balaban J connectivity index is 1.99. The standard InChI is InChI=1S/C13H13N3OS3/c1-3-8-19-13-16-15-12(20-13)14-11(17)9-4-6-10(18-2)7-5-9/h3-7H,1,8H2,2H3,(H,14,15,17). The van der Waals surface area contributed by atoms with Gasteiger partial charge in [-0.15, -0.1) is 28.5 Å². The van der Waals surface area contributed by atoms with Crippen molar-refractivity contribution in [2.45, 2.75) is 9.24 Å². The maximum Gasteiger partial charge on any atom is 0.257 e. The van der Waals surface area contributed by atoms with Crippen LogP contribution in [0, 0.1) is 0 Å². The van der Waals surface area contributed by atoms with Crippen molar-refractivity contribution in [1.82, 2.24) is 10.2 Å². The molecule has 0 fully saturated rings. The van der Waals surface area contributed by atoms with Crippen LogP contribution in [0.25, 0.3) is 0 Å². The van der Waals surface area contributed by atoms with Crippen molar-refractivity contribution in [2.75, 3.05) is 17.3 Å². The molecule has 1 heterocycles. The van der Waals surface area contributed by atoms with Crippen LogP contribution in [0.15, 0.2) is 46.2 Å². The highest BCUT2D eigenvalue weighted by atomic mass is 32.2. The van der Waals surface area contributed by atoms with Gasteiger partial charge in [0, 0.05) is 16.2 Å². The van der Waals surface area contributed by atoms with E-state index in [4.69, 9.17) is 0 Å². The van der Waals surface area contributed by atoms with Crippen LogP contribution in [-0.4, -0.2) is 28.1 Å². The maximum atomic E-state index is 12.0. The summed E-state index contributed by atoms with van der Waals surface area (Å²) in [6.07, 6.45) is 3.80. The molecule has 20 heavy (non-hydrogen) atoms. The molecule has 0 unspecified atom stereocenters. The summed E-state index contributed by atoms with van der Waals surface area (Å²) in [6, 6.07) is 7.45. The first-order valence-corrected chi connectivity index (χ1v) is 8.78. The Hall–Kier alpha value is -1.31. The number of thioether (sulfide) groups is 2. The summed E-state index contributed by atoms with van der Waals surface area (Å²) < 4.78 is 0.818. The Labute approximate surface area is 130 Å². The molecule has 4 nitrogen and oxygen atoms in total. The molecule has 0 atom stereocenters. The zero-order valence-electron chi connectivity index (χ0n) is 10.8. The molecule has 2 rings (SSSR count).